The molecule has 0 saturated heterocycles. The molecule has 3 aromatic carbocycles. The van der Waals surface area contributed by atoms with Crippen molar-refractivity contribution in [2.75, 3.05) is 30.9 Å². The molecule has 4 aromatic rings. The Morgan fingerprint density at radius 2 is 1.66 bits per heavy atom. The van der Waals surface area contributed by atoms with Crippen LogP contribution in [0.2, 0.25) is 0 Å². The molecule has 2 heterocycles. The van der Waals surface area contributed by atoms with E-state index in [0.717, 1.165) is 39.3 Å². The van der Waals surface area contributed by atoms with E-state index in [4.69, 9.17) is 0 Å². The van der Waals surface area contributed by atoms with Gasteiger partial charge in [-0.3, -0.25) is 9.89 Å². The van der Waals surface area contributed by atoms with Gasteiger partial charge in [-0.1, -0.05) is 42.5 Å². The summed E-state index contributed by atoms with van der Waals surface area (Å²) in [6.45, 7) is 0. The molecule has 1 aliphatic rings. The number of para-hydroxylation sites is 1. The fraction of sp³-hybridized carbons (Fsp3) is 0.154. The first-order chi connectivity index (χ1) is 15.5. The quantitative estimate of drug-likeness (QED) is 0.500. The van der Waals surface area contributed by atoms with Crippen LogP contribution in [0.5, 0.6) is 0 Å². The van der Waals surface area contributed by atoms with E-state index >= 15 is 0 Å². The summed E-state index contributed by atoms with van der Waals surface area (Å²) in [6, 6.07) is 24.5. The van der Waals surface area contributed by atoms with Crippen LogP contribution in [0.25, 0.3) is 22.4 Å². The Labute approximate surface area is 187 Å². The Hall–Kier alpha value is -4.06. The minimum atomic E-state index is -0.311. The van der Waals surface area contributed by atoms with Crippen LogP contribution in [0.3, 0.4) is 0 Å². The van der Waals surface area contributed by atoms with E-state index in [-0.39, 0.29) is 12.1 Å². The van der Waals surface area contributed by atoms with Gasteiger partial charge in [-0.25, -0.2) is 0 Å². The zero-order chi connectivity index (χ0) is 22.2. The summed E-state index contributed by atoms with van der Waals surface area (Å²) in [5, 5.41) is 10.6. The Bertz CT molecular complexity index is 1280. The van der Waals surface area contributed by atoms with Crippen LogP contribution in [-0.4, -0.2) is 37.2 Å². The van der Waals surface area contributed by atoms with Crippen molar-refractivity contribution >= 4 is 17.3 Å². The third-order valence-corrected chi connectivity index (χ3v) is 6.02. The number of hydrogen-bond donors (Lipinski definition) is 2. The highest BCUT2D eigenvalue weighted by Gasteiger charge is 2.31. The van der Waals surface area contributed by atoms with Gasteiger partial charge < -0.3 is 15.1 Å². The minimum Gasteiger partial charge on any atom is -0.378 e. The smallest absolute Gasteiger partial charge is 0.255 e. The summed E-state index contributed by atoms with van der Waals surface area (Å²) in [5.74, 6) is -0.0782. The Kier molecular flexibility index (Phi) is 4.90. The van der Waals surface area contributed by atoms with E-state index in [0.29, 0.717) is 5.56 Å². The molecule has 1 amide bonds. The number of nitrogens with one attached hydrogen (secondary N) is 2. The number of amides is 1. The van der Waals surface area contributed by atoms with Crippen molar-refractivity contribution in [3.8, 4) is 22.4 Å². The van der Waals surface area contributed by atoms with Gasteiger partial charge in [0, 0.05) is 38.0 Å². The topological polar surface area (TPSA) is 64.3 Å². The second kappa shape index (κ2) is 7.89. The summed E-state index contributed by atoms with van der Waals surface area (Å²) >= 11 is 0. The third kappa shape index (κ3) is 3.39. The van der Waals surface area contributed by atoms with Crippen LogP contribution in [-0.2, 0) is 0 Å². The maximum atomic E-state index is 12.7. The van der Waals surface area contributed by atoms with Gasteiger partial charge in [0.2, 0.25) is 0 Å². The van der Waals surface area contributed by atoms with Crippen molar-refractivity contribution in [2.24, 2.45) is 0 Å². The number of aromatic nitrogens is 2. The first-order valence-corrected chi connectivity index (χ1v) is 10.6. The van der Waals surface area contributed by atoms with Crippen LogP contribution in [0.1, 0.15) is 22.1 Å². The summed E-state index contributed by atoms with van der Waals surface area (Å²) in [6.07, 6.45) is 1.48. The number of nitrogens with zero attached hydrogens (tertiary/aromatic N) is 3. The molecule has 6 nitrogen and oxygen atoms in total. The molecule has 160 valence electrons. The van der Waals surface area contributed by atoms with E-state index < -0.39 is 0 Å². The van der Waals surface area contributed by atoms with Crippen LogP contribution in [0.4, 0.5) is 11.4 Å². The molecular formula is C26H25N5O. The van der Waals surface area contributed by atoms with Gasteiger partial charge in [0.1, 0.15) is 6.17 Å². The zero-order valence-electron chi connectivity index (χ0n) is 18.3. The lowest BCUT2D eigenvalue weighted by Gasteiger charge is -2.36. The van der Waals surface area contributed by atoms with Gasteiger partial charge in [0.05, 0.1) is 23.1 Å². The van der Waals surface area contributed by atoms with Crippen molar-refractivity contribution in [1.29, 1.82) is 0 Å². The molecule has 6 heteroatoms. The van der Waals surface area contributed by atoms with E-state index in [2.05, 4.69) is 67.8 Å². The van der Waals surface area contributed by atoms with E-state index in [1.807, 2.05) is 51.5 Å². The normalized spacial score (nSPS) is 15.3. The summed E-state index contributed by atoms with van der Waals surface area (Å²) in [7, 11) is 6.06. The number of rotatable bonds is 4. The van der Waals surface area contributed by atoms with Crippen molar-refractivity contribution in [3.05, 3.63) is 90.1 Å². The average molecular weight is 424 g/mol. The number of carbonyl (C=O) groups excluding carboxylic acids is 1. The van der Waals surface area contributed by atoms with Gasteiger partial charge in [0.25, 0.3) is 5.91 Å². The molecule has 1 aliphatic heterocycles. The molecule has 0 saturated carbocycles. The number of anilines is 2. The van der Waals surface area contributed by atoms with Crippen LogP contribution >= 0.6 is 0 Å². The molecular weight excluding hydrogens is 398 g/mol. The Balaban J connectivity index is 1.50. The van der Waals surface area contributed by atoms with Gasteiger partial charge >= 0.3 is 0 Å². The predicted octanol–water partition coefficient (Wildman–Crippen LogP) is 4.69. The maximum absolute atomic E-state index is 12.7. The van der Waals surface area contributed by atoms with Crippen molar-refractivity contribution in [3.63, 3.8) is 0 Å². The molecule has 0 radical (unpaired) electrons. The highest BCUT2D eigenvalue weighted by Crippen LogP contribution is 2.36. The predicted molar refractivity (Wildman–Crippen MR) is 129 cm³/mol. The van der Waals surface area contributed by atoms with E-state index in [1.54, 1.807) is 6.20 Å². The lowest BCUT2D eigenvalue weighted by atomic mass is 9.98. The Morgan fingerprint density at radius 3 is 2.44 bits per heavy atom. The average Bonchev–Trinajstić information content (AvgIpc) is 3.31. The number of H-pyrrole nitrogens is 1. The SMILES string of the molecule is CN(C)c1ccc(-c2cccc(-c3[nH]ncc3C3NC(=O)c4ccccc4N3C)c2)cc1. The molecule has 1 atom stereocenters. The summed E-state index contributed by atoms with van der Waals surface area (Å²) in [4.78, 5) is 16.9. The fourth-order valence-corrected chi connectivity index (χ4v) is 4.24. The fourth-order valence-electron chi connectivity index (χ4n) is 4.24. The van der Waals surface area contributed by atoms with Crippen LogP contribution in [0, 0.1) is 0 Å². The third-order valence-electron chi connectivity index (χ3n) is 6.02. The number of benzene rings is 3. The molecule has 0 aliphatic carbocycles. The molecule has 2 N–H and O–H groups in total. The molecule has 1 unspecified atom stereocenters. The lowest BCUT2D eigenvalue weighted by molar-refractivity contribution is 0.0928. The second-order valence-corrected chi connectivity index (χ2v) is 8.23. The van der Waals surface area contributed by atoms with Gasteiger partial charge in [-0.05, 0) is 41.5 Å². The maximum Gasteiger partial charge on any atom is 0.255 e. The van der Waals surface area contributed by atoms with Gasteiger partial charge in [-0.2, -0.15) is 5.10 Å². The largest absolute Gasteiger partial charge is 0.378 e. The summed E-state index contributed by atoms with van der Waals surface area (Å²) in [5.41, 5.74) is 7.87. The van der Waals surface area contributed by atoms with E-state index in [9.17, 15) is 4.79 Å². The molecule has 5 rings (SSSR count). The number of fused-ring (bicyclic) bond motifs is 1. The van der Waals surface area contributed by atoms with Crippen LogP contribution in [0.15, 0.2) is 79.0 Å². The standard InChI is InChI=1S/C26H25N5O/c1-30(2)20-13-11-17(12-14-20)18-7-6-8-19(15-18)24-22(16-27-29-24)25-28-26(32)21-9-4-5-10-23(21)31(25)3/h4-16,25H,1-3H3,(H,27,29)(H,28,32). The van der Waals surface area contributed by atoms with Crippen molar-refractivity contribution in [2.45, 2.75) is 6.17 Å². The molecule has 32 heavy (non-hydrogen) atoms. The van der Waals surface area contributed by atoms with Gasteiger partial charge in [-0.15, -0.1) is 0 Å². The molecule has 1 aromatic heterocycles. The summed E-state index contributed by atoms with van der Waals surface area (Å²) < 4.78 is 0. The molecule has 0 fully saturated rings. The highest BCUT2D eigenvalue weighted by molar-refractivity contribution is 6.02. The van der Waals surface area contributed by atoms with Crippen molar-refractivity contribution < 1.29 is 4.79 Å². The van der Waals surface area contributed by atoms with Crippen molar-refractivity contribution in [1.82, 2.24) is 15.5 Å². The number of hydrogen-bond acceptors (Lipinski definition) is 4. The lowest BCUT2D eigenvalue weighted by Crippen LogP contribution is -2.44. The first-order valence-electron chi connectivity index (χ1n) is 10.6. The zero-order valence-corrected chi connectivity index (χ0v) is 18.3. The van der Waals surface area contributed by atoms with Crippen LogP contribution < -0.4 is 15.1 Å². The number of carbonyl (C=O) groups is 1. The minimum absolute atomic E-state index is 0.0782. The monoisotopic (exact) mass is 423 g/mol. The Morgan fingerprint density at radius 1 is 0.906 bits per heavy atom. The first kappa shape index (κ1) is 19.9. The van der Waals surface area contributed by atoms with Gasteiger partial charge in [0.15, 0.2) is 0 Å². The van der Waals surface area contributed by atoms with E-state index in [1.165, 1.54) is 0 Å². The highest BCUT2D eigenvalue weighted by atomic mass is 16.2. The molecule has 0 spiro atoms. The number of aromatic amines is 1. The second-order valence-electron chi connectivity index (χ2n) is 8.23. The molecule has 0 bridgehead atoms.